The number of rotatable bonds is 4. The van der Waals surface area contributed by atoms with E-state index in [0.29, 0.717) is 5.69 Å². The van der Waals surface area contributed by atoms with E-state index in [2.05, 4.69) is 10.6 Å². The van der Waals surface area contributed by atoms with E-state index in [0.717, 1.165) is 25.7 Å². The van der Waals surface area contributed by atoms with Crippen LogP contribution in [0.1, 0.15) is 32.6 Å². The molecule has 1 fully saturated rings. The fraction of sp³-hybridized carbons (Fsp3) is 0.467. The molecule has 0 radical (unpaired) electrons. The summed E-state index contributed by atoms with van der Waals surface area (Å²) >= 11 is 0. The number of anilines is 1. The molecule has 2 amide bonds. The Labute approximate surface area is 118 Å². The van der Waals surface area contributed by atoms with Crippen molar-refractivity contribution in [2.75, 3.05) is 5.32 Å². The summed E-state index contributed by atoms with van der Waals surface area (Å²) in [5.74, 6) is -0.290. The van der Waals surface area contributed by atoms with Gasteiger partial charge in [-0.1, -0.05) is 25.0 Å². The third kappa shape index (κ3) is 3.50. The van der Waals surface area contributed by atoms with E-state index in [4.69, 9.17) is 0 Å². The quantitative estimate of drug-likeness (QED) is 0.736. The SMILES string of the molecule is CC(=O)N[C@H](C(=O)Nc1ccccc1O)C1CCCC1. The minimum Gasteiger partial charge on any atom is -0.506 e. The predicted molar refractivity (Wildman–Crippen MR) is 76.3 cm³/mol. The molecule has 1 aromatic rings. The van der Waals surface area contributed by atoms with Gasteiger partial charge in [-0.15, -0.1) is 0 Å². The zero-order valence-electron chi connectivity index (χ0n) is 11.6. The van der Waals surface area contributed by atoms with E-state index in [9.17, 15) is 14.7 Å². The first-order valence-corrected chi connectivity index (χ1v) is 6.94. The lowest BCUT2D eigenvalue weighted by molar-refractivity contribution is -0.126. The first kappa shape index (κ1) is 14.4. The molecule has 5 nitrogen and oxygen atoms in total. The predicted octanol–water partition coefficient (Wildman–Crippen LogP) is 2.03. The van der Waals surface area contributed by atoms with E-state index in [1.807, 2.05) is 0 Å². The van der Waals surface area contributed by atoms with Gasteiger partial charge in [-0.25, -0.2) is 0 Å². The van der Waals surface area contributed by atoms with Crippen LogP contribution in [0.5, 0.6) is 5.75 Å². The molecule has 1 aliphatic rings. The number of nitrogens with one attached hydrogen (secondary N) is 2. The Morgan fingerprint density at radius 2 is 1.90 bits per heavy atom. The van der Waals surface area contributed by atoms with Crippen LogP contribution in [-0.4, -0.2) is 23.0 Å². The van der Waals surface area contributed by atoms with Crippen LogP contribution in [0.25, 0.3) is 0 Å². The number of hydrogen-bond donors (Lipinski definition) is 3. The molecule has 1 saturated carbocycles. The molecule has 3 N–H and O–H groups in total. The standard InChI is InChI=1S/C15H20N2O3/c1-10(18)16-14(11-6-2-3-7-11)15(20)17-12-8-4-5-9-13(12)19/h4-5,8-9,11,14,19H,2-3,6-7H2,1H3,(H,16,18)(H,17,20)/t14-/m0/s1. The van der Waals surface area contributed by atoms with Crippen LogP contribution in [0.3, 0.4) is 0 Å². The topological polar surface area (TPSA) is 78.4 Å². The average molecular weight is 276 g/mol. The van der Waals surface area contributed by atoms with Crippen LogP contribution < -0.4 is 10.6 Å². The number of para-hydroxylation sites is 2. The summed E-state index contributed by atoms with van der Waals surface area (Å²) in [5, 5.41) is 15.1. The largest absolute Gasteiger partial charge is 0.506 e. The lowest BCUT2D eigenvalue weighted by Crippen LogP contribution is -2.47. The molecule has 0 spiro atoms. The molecule has 0 unspecified atom stereocenters. The molecule has 0 saturated heterocycles. The second-order valence-electron chi connectivity index (χ2n) is 5.23. The highest BCUT2D eigenvalue weighted by Crippen LogP contribution is 2.29. The molecule has 108 valence electrons. The molecule has 0 aromatic heterocycles. The summed E-state index contributed by atoms with van der Waals surface area (Å²) in [5.41, 5.74) is 0.367. The molecule has 20 heavy (non-hydrogen) atoms. The van der Waals surface area contributed by atoms with Gasteiger partial charge in [0.25, 0.3) is 0 Å². The smallest absolute Gasteiger partial charge is 0.247 e. The fourth-order valence-corrected chi connectivity index (χ4v) is 2.70. The maximum Gasteiger partial charge on any atom is 0.247 e. The number of carbonyl (C=O) groups is 2. The van der Waals surface area contributed by atoms with Crippen molar-refractivity contribution in [1.82, 2.24) is 5.32 Å². The van der Waals surface area contributed by atoms with Crippen molar-refractivity contribution in [3.63, 3.8) is 0 Å². The molecule has 2 rings (SSSR count). The molecule has 1 aliphatic carbocycles. The normalized spacial score (nSPS) is 16.6. The molecule has 5 heteroatoms. The van der Waals surface area contributed by atoms with Crippen molar-refractivity contribution in [1.29, 1.82) is 0 Å². The van der Waals surface area contributed by atoms with Crippen molar-refractivity contribution in [3.8, 4) is 5.75 Å². The van der Waals surface area contributed by atoms with Gasteiger partial charge in [0.05, 0.1) is 5.69 Å². The highest BCUT2D eigenvalue weighted by Gasteiger charge is 2.31. The number of amides is 2. The van der Waals surface area contributed by atoms with Gasteiger partial charge in [-0.05, 0) is 30.9 Å². The Hall–Kier alpha value is -2.04. The lowest BCUT2D eigenvalue weighted by Gasteiger charge is -2.23. The van der Waals surface area contributed by atoms with Crippen LogP contribution >= 0.6 is 0 Å². The average Bonchev–Trinajstić information content (AvgIpc) is 2.92. The molecule has 1 atom stereocenters. The molecular weight excluding hydrogens is 256 g/mol. The zero-order valence-corrected chi connectivity index (χ0v) is 11.6. The molecule has 1 aromatic carbocycles. The van der Waals surface area contributed by atoms with Gasteiger partial charge in [-0.2, -0.15) is 0 Å². The van der Waals surface area contributed by atoms with E-state index in [-0.39, 0.29) is 23.5 Å². The highest BCUT2D eigenvalue weighted by atomic mass is 16.3. The summed E-state index contributed by atoms with van der Waals surface area (Å²) in [6.45, 7) is 1.41. The lowest BCUT2D eigenvalue weighted by atomic mass is 9.97. The fourth-order valence-electron chi connectivity index (χ4n) is 2.70. The first-order chi connectivity index (χ1) is 9.58. The summed E-state index contributed by atoms with van der Waals surface area (Å²) in [6, 6.07) is 6.03. The number of benzene rings is 1. The van der Waals surface area contributed by atoms with Gasteiger partial charge >= 0.3 is 0 Å². The number of aromatic hydroxyl groups is 1. The summed E-state index contributed by atoms with van der Waals surface area (Å²) in [4.78, 5) is 23.6. The molecule has 0 heterocycles. The van der Waals surface area contributed by atoms with Gasteiger partial charge in [0, 0.05) is 6.92 Å². The Morgan fingerprint density at radius 3 is 2.50 bits per heavy atom. The van der Waals surface area contributed by atoms with Crippen LogP contribution in [-0.2, 0) is 9.59 Å². The van der Waals surface area contributed by atoms with Gasteiger partial charge in [-0.3, -0.25) is 9.59 Å². The van der Waals surface area contributed by atoms with Crippen LogP contribution in [0.4, 0.5) is 5.69 Å². The van der Waals surface area contributed by atoms with Gasteiger partial charge in [0.15, 0.2) is 0 Å². The molecule has 0 bridgehead atoms. The maximum absolute atomic E-state index is 12.4. The number of carbonyl (C=O) groups excluding carboxylic acids is 2. The van der Waals surface area contributed by atoms with Crippen molar-refractivity contribution in [2.45, 2.75) is 38.6 Å². The van der Waals surface area contributed by atoms with E-state index >= 15 is 0 Å². The van der Waals surface area contributed by atoms with Gasteiger partial charge < -0.3 is 15.7 Å². The highest BCUT2D eigenvalue weighted by molar-refractivity contribution is 5.98. The van der Waals surface area contributed by atoms with Crippen LogP contribution in [0.15, 0.2) is 24.3 Å². The van der Waals surface area contributed by atoms with Crippen molar-refractivity contribution in [2.24, 2.45) is 5.92 Å². The van der Waals surface area contributed by atoms with Gasteiger partial charge in [0.1, 0.15) is 11.8 Å². The van der Waals surface area contributed by atoms with Gasteiger partial charge in [0.2, 0.25) is 11.8 Å². The minimum atomic E-state index is -0.533. The van der Waals surface area contributed by atoms with E-state index in [1.54, 1.807) is 18.2 Å². The Bertz CT molecular complexity index is 496. The zero-order chi connectivity index (χ0) is 14.5. The second kappa shape index (κ2) is 6.41. The first-order valence-electron chi connectivity index (χ1n) is 6.94. The minimum absolute atomic E-state index is 0.0221. The van der Waals surface area contributed by atoms with E-state index in [1.165, 1.54) is 13.0 Å². The molecular formula is C15H20N2O3. The summed E-state index contributed by atoms with van der Waals surface area (Å²) in [7, 11) is 0. The third-order valence-corrected chi connectivity index (χ3v) is 3.67. The van der Waals surface area contributed by atoms with Crippen molar-refractivity contribution in [3.05, 3.63) is 24.3 Å². The summed E-state index contributed by atoms with van der Waals surface area (Å²) < 4.78 is 0. The number of hydrogen-bond acceptors (Lipinski definition) is 3. The maximum atomic E-state index is 12.4. The Morgan fingerprint density at radius 1 is 1.25 bits per heavy atom. The number of phenolic OH excluding ortho intramolecular Hbond substituents is 1. The Kier molecular flexibility index (Phi) is 4.61. The summed E-state index contributed by atoms with van der Waals surface area (Å²) in [6.07, 6.45) is 4.06. The van der Waals surface area contributed by atoms with Crippen molar-refractivity contribution >= 4 is 17.5 Å². The third-order valence-electron chi connectivity index (χ3n) is 3.67. The van der Waals surface area contributed by atoms with Crippen LogP contribution in [0.2, 0.25) is 0 Å². The van der Waals surface area contributed by atoms with E-state index < -0.39 is 6.04 Å². The Balaban J connectivity index is 2.09. The van der Waals surface area contributed by atoms with Crippen molar-refractivity contribution < 1.29 is 14.7 Å². The molecule has 0 aliphatic heterocycles. The second-order valence-corrected chi connectivity index (χ2v) is 5.23. The van der Waals surface area contributed by atoms with Crippen LogP contribution in [0, 0.1) is 5.92 Å². The monoisotopic (exact) mass is 276 g/mol. The number of phenols is 1.